The molecule has 3 heterocycles. The highest BCUT2D eigenvalue weighted by Gasteiger charge is 2.16. The predicted molar refractivity (Wildman–Crippen MR) is 109 cm³/mol. The molecule has 0 aliphatic heterocycles. The van der Waals surface area contributed by atoms with E-state index in [4.69, 9.17) is 12.2 Å². The molecule has 7 nitrogen and oxygen atoms in total. The molecule has 138 valence electrons. The Balaban J connectivity index is 1.45. The molecule has 0 aliphatic carbocycles. The molecule has 3 N–H and O–H groups in total. The van der Waals surface area contributed by atoms with Crippen molar-refractivity contribution in [1.29, 1.82) is 0 Å². The van der Waals surface area contributed by atoms with E-state index in [2.05, 4.69) is 31.5 Å². The van der Waals surface area contributed by atoms with Gasteiger partial charge in [-0.3, -0.25) is 9.89 Å². The summed E-state index contributed by atoms with van der Waals surface area (Å²) in [5, 5.41) is 11.6. The highest BCUT2D eigenvalue weighted by Crippen LogP contribution is 2.31. The number of thiazole rings is 1. The van der Waals surface area contributed by atoms with Crippen molar-refractivity contribution in [3.05, 3.63) is 46.5 Å². The van der Waals surface area contributed by atoms with Crippen LogP contribution in [0.2, 0.25) is 0 Å². The molecule has 0 aliphatic rings. The Kier molecular flexibility index (Phi) is 4.63. The number of aromatic amines is 2. The zero-order valence-corrected chi connectivity index (χ0v) is 16.5. The molecule has 0 fully saturated rings. The van der Waals surface area contributed by atoms with Crippen molar-refractivity contribution in [2.24, 2.45) is 7.05 Å². The average molecular weight is 399 g/mol. The lowest BCUT2D eigenvalue weighted by molar-refractivity contribution is -0.116. The van der Waals surface area contributed by atoms with Crippen molar-refractivity contribution in [2.45, 2.75) is 19.8 Å². The number of carbonyl (C=O) groups is 1. The third-order valence-electron chi connectivity index (χ3n) is 4.42. The van der Waals surface area contributed by atoms with Crippen molar-refractivity contribution in [2.75, 3.05) is 5.32 Å². The summed E-state index contributed by atoms with van der Waals surface area (Å²) >= 11 is 6.55. The molecule has 3 aromatic heterocycles. The van der Waals surface area contributed by atoms with Crippen LogP contribution in [0.25, 0.3) is 21.6 Å². The second-order valence-electron chi connectivity index (χ2n) is 6.25. The molecule has 0 saturated carbocycles. The molecule has 0 saturated heterocycles. The lowest BCUT2D eigenvalue weighted by Crippen LogP contribution is -2.12. The first-order chi connectivity index (χ1) is 13.0. The number of aromatic nitrogens is 5. The average Bonchev–Trinajstić information content (AvgIpc) is 3.32. The minimum atomic E-state index is -0.0593. The monoisotopic (exact) mass is 398 g/mol. The van der Waals surface area contributed by atoms with E-state index in [0.717, 1.165) is 27.0 Å². The van der Waals surface area contributed by atoms with Gasteiger partial charge >= 0.3 is 0 Å². The van der Waals surface area contributed by atoms with Crippen molar-refractivity contribution >= 4 is 45.5 Å². The van der Waals surface area contributed by atoms with Gasteiger partial charge in [0.2, 0.25) is 5.91 Å². The maximum Gasteiger partial charge on any atom is 0.226 e. The molecule has 1 aromatic carbocycles. The first kappa shape index (κ1) is 17.6. The van der Waals surface area contributed by atoms with E-state index in [9.17, 15) is 4.79 Å². The van der Waals surface area contributed by atoms with Gasteiger partial charge in [0.05, 0.1) is 10.6 Å². The second kappa shape index (κ2) is 7.09. The molecule has 9 heteroatoms. The fourth-order valence-electron chi connectivity index (χ4n) is 2.98. The molecule has 4 aromatic rings. The zero-order valence-electron chi connectivity index (χ0n) is 14.9. The van der Waals surface area contributed by atoms with E-state index in [1.807, 2.05) is 38.4 Å². The summed E-state index contributed by atoms with van der Waals surface area (Å²) in [6, 6.07) is 8.09. The summed E-state index contributed by atoms with van der Waals surface area (Å²) in [6.07, 6.45) is 3.02. The van der Waals surface area contributed by atoms with E-state index in [1.54, 1.807) is 4.57 Å². The van der Waals surface area contributed by atoms with Gasteiger partial charge < -0.3 is 14.9 Å². The second-order valence-corrected chi connectivity index (χ2v) is 7.64. The molecule has 27 heavy (non-hydrogen) atoms. The molecule has 0 unspecified atom stereocenters. The van der Waals surface area contributed by atoms with Gasteiger partial charge in [-0.2, -0.15) is 5.10 Å². The van der Waals surface area contributed by atoms with Gasteiger partial charge in [0.25, 0.3) is 0 Å². The van der Waals surface area contributed by atoms with Crippen molar-refractivity contribution in [3.8, 4) is 10.7 Å². The minimum absolute atomic E-state index is 0.0593. The zero-order chi connectivity index (χ0) is 19.0. The van der Waals surface area contributed by atoms with Crippen LogP contribution in [-0.2, 0) is 18.3 Å². The Morgan fingerprint density at radius 3 is 2.96 bits per heavy atom. The Morgan fingerprint density at radius 2 is 2.19 bits per heavy atom. The number of amides is 1. The molecular weight excluding hydrogens is 380 g/mol. The first-order valence-corrected chi connectivity index (χ1v) is 9.69. The normalized spacial score (nSPS) is 11.2. The first-order valence-electron chi connectivity index (χ1n) is 8.47. The third-order valence-corrected chi connectivity index (χ3v) is 5.86. The highest BCUT2D eigenvalue weighted by atomic mass is 32.1. The van der Waals surface area contributed by atoms with Crippen LogP contribution in [0.5, 0.6) is 0 Å². The standard InChI is InChI=1S/C18H18N6OS2/c1-10-15(16-22-23-18(26)24(16)2)27-17(20-10)21-14(25)8-7-11-9-19-13-6-4-3-5-12(11)13/h3-6,9,19H,7-8H2,1-2H3,(H,23,26)(H,20,21,25). The summed E-state index contributed by atoms with van der Waals surface area (Å²) in [7, 11) is 1.85. The van der Waals surface area contributed by atoms with E-state index in [0.29, 0.717) is 28.6 Å². The topological polar surface area (TPSA) is 91.4 Å². The van der Waals surface area contributed by atoms with Crippen LogP contribution < -0.4 is 5.32 Å². The summed E-state index contributed by atoms with van der Waals surface area (Å²) in [5.74, 6) is 0.658. The van der Waals surface area contributed by atoms with Crippen molar-refractivity contribution < 1.29 is 4.79 Å². The summed E-state index contributed by atoms with van der Waals surface area (Å²) in [5.41, 5.74) is 3.03. The quantitative estimate of drug-likeness (QED) is 0.444. The van der Waals surface area contributed by atoms with Gasteiger partial charge in [0, 0.05) is 30.6 Å². The number of hydrogen-bond acceptors (Lipinski definition) is 5. The third kappa shape index (κ3) is 3.43. The summed E-state index contributed by atoms with van der Waals surface area (Å²) < 4.78 is 2.33. The highest BCUT2D eigenvalue weighted by molar-refractivity contribution is 7.71. The van der Waals surface area contributed by atoms with Crippen LogP contribution in [0.3, 0.4) is 0 Å². The summed E-state index contributed by atoms with van der Waals surface area (Å²) in [6.45, 7) is 1.89. The maximum atomic E-state index is 12.4. The molecule has 0 spiro atoms. The Hall–Kier alpha value is -2.78. The van der Waals surface area contributed by atoms with Gasteiger partial charge in [-0.25, -0.2) is 4.98 Å². The van der Waals surface area contributed by atoms with Crippen LogP contribution in [0.15, 0.2) is 30.5 Å². The van der Waals surface area contributed by atoms with Crippen LogP contribution in [-0.4, -0.2) is 30.6 Å². The minimum Gasteiger partial charge on any atom is -0.361 e. The number of fused-ring (bicyclic) bond motifs is 1. The van der Waals surface area contributed by atoms with Gasteiger partial charge in [-0.1, -0.05) is 29.5 Å². The number of hydrogen-bond donors (Lipinski definition) is 3. The van der Waals surface area contributed by atoms with Gasteiger partial charge in [0.15, 0.2) is 15.7 Å². The van der Waals surface area contributed by atoms with Crippen LogP contribution in [0.1, 0.15) is 17.7 Å². The lowest BCUT2D eigenvalue weighted by atomic mass is 10.1. The van der Waals surface area contributed by atoms with E-state index >= 15 is 0 Å². The van der Waals surface area contributed by atoms with Gasteiger partial charge in [-0.05, 0) is 37.2 Å². The van der Waals surface area contributed by atoms with Crippen LogP contribution in [0, 0.1) is 11.7 Å². The number of anilines is 1. The molecule has 0 radical (unpaired) electrons. The molecule has 0 bridgehead atoms. The van der Waals surface area contributed by atoms with E-state index in [1.165, 1.54) is 11.3 Å². The lowest BCUT2D eigenvalue weighted by Gasteiger charge is -2.01. The maximum absolute atomic E-state index is 12.4. The predicted octanol–water partition coefficient (Wildman–Crippen LogP) is 3.96. The number of benzene rings is 1. The Bertz CT molecular complexity index is 1180. The number of nitrogens with zero attached hydrogens (tertiary/aromatic N) is 3. The number of nitrogens with one attached hydrogen (secondary N) is 3. The SMILES string of the molecule is Cc1nc(NC(=O)CCc2c[nH]c3ccccc23)sc1-c1n[nH]c(=S)n1C. The van der Waals surface area contributed by atoms with Crippen molar-refractivity contribution in [3.63, 3.8) is 0 Å². The number of carbonyl (C=O) groups excluding carboxylic acids is 1. The van der Waals surface area contributed by atoms with Crippen LogP contribution in [0.4, 0.5) is 5.13 Å². The smallest absolute Gasteiger partial charge is 0.226 e. The Morgan fingerprint density at radius 1 is 1.37 bits per heavy atom. The molecule has 0 atom stereocenters. The van der Waals surface area contributed by atoms with E-state index < -0.39 is 0 Å². The van der Waals surface area contributed by atoms with Gasteiger partial charge in [-0.15, -0.1) is 0 Å². The Labute approximate surface area is 164 Å². The number of aryl methyl sites for hydroxylation is 2. The fourth-order valence-corrected chi connectivity index (χ4v) is 4.12. The van der Waals surface area contributed by atoms with Crippen LogP contribution >= 0.6 is 23.6 Å². The number of rotatable bonds is 5. The van der Waals surface area contributed by atoms with Crippen molar-refractivity contribution in [1.82, 2.24) is 24.7 Å². The van der Waals surface area contributed by atoms with Gasteiger partial charge in [0.1, 0.15) is 0 Å². The number of H-pyrrole nitrogens is 2. The molecular formula is C18H18N6OS2. The fraction of sp³-hybridized carbons (Fsp3) is 0.222. The molecule has 4 rings (SSSR count). The molecule has 1 amide bonds. The number of para-hydroxylation sites is 1. The van der Waals surface area contributed by atoms with E-state index in [-0.39, 0.29) is 5.91 Å². The largest absolute Gasteiger partial charge is 0.361 e. The summed E-state index contributed by atoms with van der Waals surface area (Å²) in [4.78, 5) is 20.9.